The van der Waals surface area contributed by atoms with Gasteiger partial charge in [0, 0.05) is 35.7 Å². The van der Waals surface area contributed by atoms with E-state index in [-0.39, 0.29) is 24.2 Å². The van der Waals surface area contributed by atoms with Gasteiger partial charge in [-0.3, -0.25) is 9.59 Å². The zero-order valence-electron chi connectivity index (χ0n) is 20.5. The summed E-state index contributed by atoms with van der Waals surface area (Å²) in [5, 5.41) is 8.75. The average molecular weight is 477 g/mol. The molecule has 1 N–H and O–H groups in total. The van der Waals surface area contributed by atoms with Crippen LogP contribution >= 0.6 is 0 Å². The van der Waals surface area contributed by atoms with Crippen molar-refractivity contribution in [3.05, 3.63) is 89.7 Å². The fourth-order valence-electron chi connectivity index (χ4n) is 3.92. The third kappa shape index (κ3) is 6.69. The maximum absolute atomic E-state index is 14.2. The van der Waals surface area contributed by atoms with Crippen LogP contribution in [0.4, 0.5) is 4.39 Å². The highest BCUT2D eigenvalue weighted by atomic mass is 19.1. The Kier molecular flexibility index (Phi) is 7.68. The molecule has 1 aliphatic rings. The van der Waals surface area contributed by atoms with Crippen molar-refractivity contribution in [2.24, 2.45) is 0 Å². The molecule has 4 rings (SSSR count). The second-order valence-corrected chi connectivity index (χ2v) is 8.72. The van der Waals surface area contributed by atoms with Crippen LogP contribution in [0, 0.1) is 5.82 Å². The van der Waals surface area contributed by atoms with Gasteiger partial charge < -0.3 is 14.7 Å². The SMILES string of the molecule is [2H]C(c1ccccc1OCCCCCC(=O)O)N(C(=O)c1ccc(-c2ccccc2F)cc1)C1CC1. The molecule has 5 nitrogen and oxygen atoms in total. The lowest BCUT2D eigenvalue weighted by atomic mass is 10.0. The maximum Gasteiger partial charge on any atom is 0.303 e. The van der Waals surface area contributed by atoms with Crippen molar-refractivity contribution in [1.82, 2.24) is 4.90 Å². The van der Waals surface area contributed by atoms with Crippen LogP contribution in [0.5, 0.6) is 5.75 Å². The van der Waals surface area contributed by atoms with Gasteiger partial charge >= 0.3 is 5.97 Å². The Bertz CT molecular complexity index is 1200. The number of unbranched alkanes of at least 4 members (excludes halogenated alkanes) is 2. The third-order valence-electron chi connectivity index (χ3n) is 5.98. The number of benzene rings is 3. The number of amides is 1. The summed E-state index contributed by atoms with van der Waals surface area (Å²) in [6, 6.07) is 20.6. The van der Waals surface area contributed by atoms with E-state index in [1.807, 2.05) is 12.1 Å². The monoisotopic (exact) mass is 476 g/mol. The van der Waals surface area contributed by atoms with E-state index in [4.69, 9.17) is 11.2 Å². The van der Waals surface area contributed by atoms with E-state index in [0.717, 1.165) is 19.3 Å². The number of carbonyl (C=O) groups excluding carboxylic acids is 1. The average Bonchev–Trinajstić information content (AvgIpc) is 3.72. The first-order chi connectivity index (χ1) is 17.5. The predicted octanol–water partition coefficient (Wildman–Crippen LogP) is 6.32. The fraction of sp³-hybridized carbons (Fsp3) is 0.310. The largest absolute Gasteiger partial charge is 0.493 e. The molecule has 6 heteroatoms. The smallest absolute Gasteiger partial charge is 0.303 e. The molecule has 0 aliphatic heterocycles. The zero-order chi connectivity index (χ0) is 25.5. The van der Waals surface area contributed by atoms with Crippen LogP contribution in [0.25, 0.3) is 11.1 Å². The van der Waals surface area contributed by atoms with Gasteiger partial charge in [0.15, 0.2) is 0 Å². The quantitative estimate of drug-likeness (QED) is 0.311. The van der Waals surface area contributed by atoms with E-state index in [2.05, 4.69) is 0 Å². The Morgan fingerprint density at radius 2 is 1.69 bits per heavy atom. The molecule has 1 fully saturated rings. The zero-order valence-corrected chi connectivity index (χ0v) is 19.5. The van der Waals surface area contributed by atoms with Crippen molar-refractivity contribution in [3.63, 3.8) is 0 Å². The van der Waals surface area contributed by atoms with E-state index >= 15 is 0 Å². The first kappa shape index (κ1) is 23.1. The first-order valence-corrected chi connectivity index (χ1v) is 12.0. The van der Waals surface area contributed by atoms with Gasteiger partial charge in [0.1, 0.15) is 11.6 Å². The van der Waals surface area contributed by atoms with E-state index < -0.39 is 12.5 Å². The van der Waals surface area contributed by atoms with Crippen LogP contribution in [0.1, 0.15) is 55.8 Å². The van der Waals surface area contributed by atoms with Crippen LogP contribution in [0.2, 0.25) is 0 Å². The van der Waals surface area contributed by atoms with Gasteiger partial charge in [-0.15, -0.1) is 0 Å². The molecule has 1 aliphatic carbocycles. The van der Waals surface area contributed by atoms with Crippen molar-refractivity contribution in [2.45, 2.75) is 51.1 Å². The van der Waals surface area contributed by atoms with Crippen molar-refractivity contribution in [1.29, 1.82) is 0 Å². The fourth-order valence-corrected chi connectivity index (χ4v) is 3.92. The molecule has 182 valence electrons. The number of nitrogens with zero attached hydrogens (tertiary/aromatic N) is 1. The summed E-state index contributed by atoms with van der Waals surface area (Å²) < 4.78 is 29.1. The minimum Gasteiger partial charge on any atom is -0.493 e. The van der Waals surface area contributed by atoms with E-state index in [1.165, 1.54) is 6.07 Å². The molecule has 1 saturated carbocycles. The molecule has 0 saturated heterocycles. The molecular weight excluding hydrogens is 445 g/mol. The number of hydrogen-bond donors (Lipinski definition) is 1. The Balaban J connectivity index is 1.46. The summed E-state index contributed by atoms with van der Waals surface area (Å²) in [5.74, 6) is -0.795. The Morgan fingerprint density at radius 1 is 0.971 bits per heavy atom. The van der Waals surface area contributed by atoms with Crippen LogP contribution in [-0.4, -0.2) is 34.5 Å². The van der Waals surface area contributed by atoms with E-state index in [9.17, 15) is 14.0 Å². The van der Waals surface area contributed by atoms with Gasteiger partial charge in [0.25, 0.3) is 5.91 Å². The lowest BCUT2D eigenvalue weighted by molar-refractivity contribution is -0.137. The normalized spacial score (nSPS) is 14.1. The standard InChI is InChI=1S/C29H30FNO4/c30-26-10-5-4-9-25(26)21-13-15-22(16-14-21)29(34)31(24-17-18-24)20-23-8-3-6-11-27(23)35-19-7-1-2-12-28(32)33/h3-6,8-11,13-16,24H,1-2,7,12,17-20H2,(H,32,33)/i20D. The van der Waals surface area contributed by atoms with Gasteiger partial charge in [-0.25, -0.2) is 4.39 Å². The van der Waals surface area contributed by atoms with Crippen LogP contribution in [-0.2, 0) is 11.3 Å². The highest BCUT2D eigenvalue weighted by Gasteiger charge is 2.33. The minimum atomic E-state index is -0.931. The topological polar surface area (TPSA) is 66.8 Å². The van der Waals surface area contributed by atoms with Crippen LogP contribution in [0.3, 0.4) is 0 Å². The molecular formula is C29H30FNO4. The molecule has 35 heavy (non-hydrogen) atoms. The van der Waals surface area contributed by atoms with Gasteiger partial charge in [0.05, 0.1) is 7.98 Å². The molecule has 1 atom stereocenters. The number of para-hydroxylation sites is 1. The number of carbonyl (C=O) groups is 2. The first-order valence-electron chi connectivity index (χ1n) is 12.6. The molecule has 0 spiro atoms. The summed E-state index contributed by atoms with van der Waals surface area (Å²) in [6.07, 6.45) is 3.90. The van der Waals surface area contributed by atoms with Gasteiger partial charge in [-0.1, -0.05) is 48.5 Å². The van der Waals surface area contributed by atoms with Crippen molar-refractivity contribution < 1.29 is 25.2 Å². The number of aliphatic carboxylic acids is 1. The Labute approximate surface area is 206 Å². The third-order valence-corrected chi connectivity index (χ3v) is 5.98. The summed E-state index contributed by atoms with van der Waals surface area (Å²) >= 11 is 0. The van der Waals surface area contributed by atoms with E-state index in [1.54, 1.807) is 59.5 Å². The molecule has 1 amide bonds. The predicted molar refractivity (Wildman–Crippen MR) is 133 cm³/mol. The highest BCUT2D eigenvalue weighted by Crippen LogP contribution is 2.32. The van der Waals surface area contributed by atoms with Crippen LogP contribution in [0.15, 0.2) is 72.8 Å². The molecule has 0 heterocycles. The molecule has 3 aromatic rings. The number of rotatable bonds is 12. The highest BCUT2D eigenvalue weighted by molar-refractivity contribution is 5.95. The Hall–Kier alpha value is -3.67. The van der Waals surface area contributed by atoms with Crippen molar-refractivity contribution in [3.8, 4) is 16.9 Å². The number of hydrogen-bond acceptors (Lipinski definition) is 3. The molecule has 0 aromatic heterocycles. The van der Waals surface area contributed by atoms with Gasteiger partial charge in [-0.2, -0.15) is 0 Å². The lowest BCUT2D eigenvalue weighted by Gasteiger charge is -2.24. The molecule has 0 radical (unpaired) electrons. The number of carboxylic acid groups (broad SMARTS) is 1. The molecule has 1 unspecified atom stereocenters. The summed E-state index contributed by atoms with van der Waals surface area (Å²) in [5.41, 5.74) is 2.23. The van der Waals surface area contributed by atoms with Crippen molar-refractivity contribution >= 4 is 11.9 Å². The lowest BCUT2D eigenvalue weighted by Crippen LogP contribution is -2.32. The maximum atomic E-state index is 14.2. The van der Waals surface area contributed by atoms with Crippen molar-refractivity contribution in [2.75, 3.05) is 6.61 Å². The Morgan fingerprint density at radius 3 is 2.40 bits per heavy atom. The van der Waals surface area contributed by atoms with Gasteiger partial charge in [0.2, 0.25) is 0 Å². The second kappa shape index (κ2) is 11.6. The minimum absolute atomic E-state index is 0.00433. The van der Waals surface area contributed by atoms with Gasteiger partial charge in [-0.05, 0) is 61.9 Å². The summed E-state index contributed by atoms with van der Waals surface area (Å²) in [6.45, 7) is -0.516. The summed E-state index contributed by atoms with van der Waals surface area (Å²) in [7, 11) is 0. The number of carboxylic acids is 1. The summed E-state index contributed by atoms with van der Waals surface area (Å²) in [4.78, 5) is 25.8. The van der Waals surface area contributed by atoms with E-state index in [0.29, 0.717) is 47.5 Å². The molecule has 3 aromatic carbocycles. The molecule has 0 bridgehead atoms. The number of halogens is 1. The second-order valence-electron chi connectivity index (χ2n) is 8.72. The number of ether oxygens (including phenoxy) is 1. The van der Waals surface area contributed by atoms with Crippen LogP contribution < -0.4 is 4.74 Å².